The topological polar surface area (TPSA) is 101 Å². The van der Waals surface area contributed by atoms with Crippen molar-refractivity contribution in [3.8, 4) is 11.8 Å². The number of ether oxygens (including phenoxy) is 1. The second kappa shape index (κ2) is 12.3. The summed E-state index contributed by atoms with van der Waals surface area (Å²) in [6.45, 7) is 22.3. The van der Waals surface area contributed by atoms with E-state index in [1.54, 1.807) is 26.0 Å². The van der Waals surface area contributed by atoms with Gasteiger partial charge in [0.2, 0.25) is 0 Å². The van der Waals surface area contributed by atoms with Crippen LogP contribution in [0.4, 0.5) is 0 Å². The molecule has 5 saturated carbocycles. The largest absolute Gasteiger partial charge is 0.481 e. The molecular formula is C44H60O6. The van der Waals surface area contributed by atoms with Gasteiger partial charge in [-0.25, -0.2) is 4.79 Å². The molecule has 1 aromatic rings. The fraction of sp³-hybridized carbons (Fsp3) is 0.705. The molecule has 0 aromatic heterocycles. The van der Waals surface area contributed by atoms with E-state index in [1.165, 1.54) is 31.3 Å². The number of carbonyl (C=O) groups excluding carboxylic acids is 1. The first-order valence-corrected chi connectivity index (χ1v) is 19.2. The molecule has 5 fully saturated rings. The van der Waals surface area contributed by atoms with Crippen molar-refractivity contribution in [2.75, 3.05) is 0 Å². The molecule has 6 nitrogen and oxygen atoms in total. The lowest BCUT2D eigenvalue weighted by atomic mass is 9.32. The molecule has 6 heteroatoms. The minimum atomic E-state index is -1.15. The second-order valence-electron chi connectivity index (χ2n) is 19.2. The van der Waals surface area contributed by atoms with Crippen molar-refractivity contribution < 1.29 is 29.3 Å². The first kappa shape index (κ1) is 36.7. The number of benzene rings is 1. The molecule has 4 unspecified atom stereocenters. The van der Waals surface area contributed by atoms with E-state index < -0.39 is 23.3 Å². The lowest BCUT2D eigenvalue weighted by molar-refractivity contribution is -0.247. The van der Waals surface area contributed by atoms with Crippen molar-refractivity contribution in [1.82, 2.24) is 0 Å². The molecule has 2 N–H and O–H groups in total. The van der Waals surface area contributed by atoms with Crippen LogP contribution in [0.15, 0.2) is 36.4 Å². The van der Waals surface area contributed by atoms with E-state index in [4.69, 9.17) is 4.74 Å². The van der Waals surface area contributed by atoms with Crippen molar-refractivity contribution >= 4 is 17.9 Å². The van der Waals surface area contributed by atoms with E-state index >= 15 is 0 Å². The lowest BCUT2D eigenvalue weighted by Gasteiger charge is -2.72. The molecule has 0 radical (unpaired) electrons. The predicted octanol–water partition coefficient (Wildman–Crippen LogP) is 9.81. The van der Waals surface area contributed by atoms with Crippen molar-refractivity contribution in [1.29, 1.82) is 0 Å². The third-order valence-electron chi connectivity index (χ3n) is 16.0. The number of hydrogen-bond acceptors (Lipinski definition) is 4. The van der Waals surface area contributed by atoms with E-state index in [0.717, 1.165) is 44.1 Å². The summed E-state index contributed by atoms with van der Waals surface area (Å²) < 4.78 is 6.17. The van der Waals surface area contributed by atoms with Gasteiger partial charge < -0.3 is 14.9 Å². The highest BCUT2D eigenvalue weighted by molar-refractivity contribution is 5.87. The van der Waals surface area contributed by atoms with Crippen LogP contribution in [0.25, 0.3) is 0 Å². The molecule has 0 bridgehead atoms. The zero-order valence-electron chi connectivity index (χ0n) is 31.8. The Balaban J connectivity index is 1.27. The number of allylic oxidation sites excluding steroid dienone is 1. The number of carboxylic acids is 2. The first-order chi connectivity index (χ1) is 23.2. The summed E-state index contributed by atoms with van der Waals surface area (Å²) in [4.78, 5) is 36.2. The van der Waals surface area contributed by atoms with E-state index in [9.17, 15) is 24.6 Å². The Hall–Kier alpha value is -3.07. The molecule has 5 aliphatic carbocycles. The van der Waals surface area contributed by atoms with Crippen LogP contribution in [0, 0.1) is 73.9 Å². The van der Waals surface area contributed by atoms with Crippen molar-refractivity contribution in [2.24, 2.45) is 62.1 Å². The number of carbonyl (C=O) groups is 3. The molecule has 0 saturated heterocycles. The SMILES string of the molecule is C=C(C)[C@H]1CC[C@]2(C#Cc3ccc(C(=O)O)cc3)CC[C@]3(C)C(CCC4[C@@]5(C)CC[C@H](OC(=O)CC(C)(C)C(=O)O)C(C)(C)C5CC[C@]43C)C12. The van der Waals surface area contributed by atoms with E-state index in [-0.39, 0.29) is 45.2 Å². The molecule has 0 amide bonds. The predicted molar refractivity (Wildman–Crippen MR) is 195 cm³/mol. The van der Waals surface area contributed by atoms with Gasteiger partial charge in [0, 0.05) is 16.4 Å². The normalized spacial score (nSPS) is 40.1. The van der Waals surface area contributed by atoms with Gasteiger partial charge in [-0.3, -0.25) is 9.59 Å². The van der Waals surface area contributed by atoms with Crippen LogP contribution in [0.2, 0.25) is 0 Å². The van der Waals surface area contributed by atoms with E-state index in [0.29, 0.717) is 29.6 Å². The van der Waals surface area contributed by atoms with Gasteiger partial charge in [-0.15, -0.1) is 0 Å². The van der Waals surface area contributed by atoms with Crippen molar-refractivity contribution in [3.05, 3.63) is 47.5 Å². The smallest absolute Gasteiger partial charge is 0.335 e. The van der Waals surface area contributed by atoms with E-state index in [1.807, 2.05) is 12.1 Å². The number of esters is 1. The fourth-order valence-electron chi connectivity index (χ4n) is 13.1. The summed E-state index contributed by atoms with van der Waals surface area (Å²) in [6, 6.07) is 7.00. The molecule has 272 valence electrons. The maximum absolute atomic E-state index is 13.1. The quantitative estimate of drug-likeness (QED) is 0.176. The van der Waals surface area contributed by atoms with Crippen LogP contribution in [-0.4, -0.2) is 34.2 Å². The Kier molecular flexibility index (Phi) is 9.01. The average Bonchev–Trinajstić information content (AvgIpc) is 3.42. The first-order valence-electron chi connectivity index (χ1n) is 19.2. The Morgan fingerprint density at radius 1 is 0.860 bits per heavy atom. The van der Waals surface area contributed by atoms with Gasteiger partial charge >= 0.3 is 17.9 Å². The Morgan fingerprint density at radius 3 is 2.16 bits per heavy atom. The average molecular weight is 685 g/mol. The van der Waals surface area contributed by atoms with Gasteiger partial charge in [0.15, 0.2) is 0 Å². The number of carboxylic acid groups (broad SMARTS) is 2. The summed E-state index contributed by atoms with van der Waals surface area (Å²) in [5, 5.41) is 19.0. The van der Waals surface area contributed by atoms with E-state index in [2.05, 4.69) is 60.0 Å². The van der Waals surface area contributed by atoms with Crippen molar-refractivity contribution in [3.63, 3.8) is 0 Å². The third kappa shape index (κ3) is 5.56. The monoisotopic (exact) mass is 684 g/mol. The number of rotatable bonds is 6. The van der Waals surface area contributed by atoms with Crippen LogP contribution in [0.1, 0.15) is 142 Å². The van der Waals surface area contributed by atoms with Gasteiger partial charge in [0.05, 0.1) is 17.4 Å². The Bertz CT molecular complexity index is 1630. The third-order valence-corrected chi connectivity index (χ3v) is 16.0. The molecule has 5 aliphatic rings. The lowest BCUT2D eigenvalue weighted by Crippen LogP contribution is -2.66. The van der Waals surface area contributed by atoms with Gasteiger partial charge in [-0.2, -0.15) is 0 Å². The molecule has 0 spiro atoms. The molecule has 1 aromatic carbocycles. The second-order valence-corrected chi connectivity index (χ2v) is 19.2. The summed E-state index contributed by atoms with van der Waals surface area (Å²) in [7, 11) is 0. The zero-order chi connectivity index (χ0) is 36.7. The van der Waals surface area contributed by atoms with Gasteiger partial charge in [-0.05, 0) is 155 Å². The number of hydrogen-bond donors (Lipinski definition) is 2. The number of aliphatic carboxylic acids is 1. The van der Waals surface area contributed by atoms with Gasteiger partial charge in [0.25, 0.3) is 0 Å². The van der Waals surface area contributed by atoms with Gasteiger partial charge in [0.1, 0.15) is 6.10 Å². The standard InChI is InChI=1S/C44H60O6/c1-27(2)30-17-23-44(22-16-28-10-12-29(13-11-28)37(46)47)25-24-42(8)31(36(30)44)14-15-33-41(7)20-19-34(50-35(45)26-39(3,4)38(48)49)40(5,6)32(41)18-21-43(33,42)9/h10-13,30-34,36H,1,14-15,17-21,23-26H2,2-9H3,(H,46,47)(H,48,49)/t30-,31?,32?,33?,34+,36?,41+,42-,43-,44-/m1/s1. The van der Waals surface area contributed by atoms with Crippen LogP contribution in [0.3, 0.4) is 0 Å². The minimum absolute atomic E-state index is 0.0529. The van der Waals surface area contributed by atoms with Crippen LogP contribution < -0.4 is 0 Å². The summed E-state index contributed by atoms with van der Waals surface area (Å²) in [5.74, 6) is 7.59. The Morgan fingerprint density at radius 2 is 1.54 bits per heavy atom. The van der Waals surface area contributed by atoms with Crippen molar-refractivity contribution in [2.45, 2.75) is 132 Å². The molecule has 6 rings (SSSR count). The number of fused-ring (bicyclic) bond motifs is 7. The maximum atomic E-state index is 13.1. The summed E-state index contributed by atoms with van der Waals surface area (Å²) in [6.07, 6.45) is 10.7. The highest BCUT2D eigenvalue weighted by Crippen LogP contribution is 2.77. The minimum Gasteiger partial charge on any atom is -0.481 e. The molecule has 50 heavy (non-hydrogen) atoms. The molecule has 0 aliphatic heterocycles. The molecule has 10 atom stereocenters. The summed E-state index contributed by atoms with van der Waals surface area (Å²) >= 11 is 0. The fourth-order valence-corrected chi connectivity index (χ4v) is 13.1. The van der Waals surface area contributed by atoms with Crippen LogP contribution in [-0.2, 0) is 14.3 Å². The molecular weight excluding hydrogens is 624 g/mol. The number of aromatic carboxylic acids is 1. The van der Waals surface area contributed by atoms with Gasteiger partial charge in [-0.1, -0.05) is 58.6 Å². The van der Waals surface area contributed by atoms with Crippen LogP contribution >= 0.6 is 0 Å². The zero-order valence-corrected chi connectivity index (χ0v) is 31.8. The molecule has 0 heterocycles. The maximum Gasteiger partial charge on any atom is 0.335 e. The Labute approximate surface area is 300 Å². The highest BCUT2D eigenvalue weighted by atomic mass is 16.5. The summed E-state index contributed by atoms with van der Waals surface area (Å²) in [5.41, 5.74) is 1.54. The van der Waals surface area contributed by atoms with Crippen LogP contribution in [0.5, 0.6) is 0 Å². The highest BCUT2D eigenvalue weighted by Gasteiger charge is 2.71.